The van der Waals surface area contributed by atoms with Crippen molar-refractivity contribution in [3.05, 3.63) is 114 Å². The van der Waals surface area contributed by atoms with E-state index < -0.39 is 5.60 Å². The fraction of sp³-hybridized carbons (Fsp3) is 0.447. The van der Waals surface area contributed by atoms with Crippen LogP contribution in [0.5, 0.6) is 0 Å². The molecule has 0 unspecified atom stereocenters. The number of ether oxygens (including phenoxy) is 2. The summed E-state index contributed by atoms with van der Waals surface area (Å²) < 4.78 is 14.0. The minimum Gasteiger partial charge on any atom is -0.360 e. The van der Waals surface area contributed by atoms with Gasteiger partial charge in [-0.15, -0.1) is 0 Å². The highest BCUT2D eigenvalue weighted by atomic mass is 16.5. The molecule has 0 aromatic heterocycles. The number of carbonyl (C=O) groups is 1. The lowest BCUT2D eigenvalue weighted by Gasteiger charge is -2.58. The first-order chi connectivity index (χ1) is 20.9. The van der Waals surface area contributed by atoms with Gasteiger partial charge in [-0.3, -0.25) is 9.69 Å². The first-order valence-electron chi connectivity index (χ1n) is 16.2. The predicted octanol–water partition coefficient (Wildman–Crippen LogP) is 7.60. The van der Waals surface area contributed by atoms with Crippen molar-refractivity contribution >= 4 is 11.6 Å². The van der Waals surface area contributed by atoms with Gasteiger partial charge < -0.3 is 14.4 Å². The zero-order chi connectivity index (χ0) is 29.3. The molecule has 222 valence electrons. The molecule has 0 N–H and O–H groups in total. The van der Waals surface area contributed by atoms with Gasteiger partial charge in [-0.1, -0.05) is 98.3 Å². The van der Waals surface area contributed by atoms with E-state index in [1.165, 1.54) is 18.4 Å². The van der Waals surface area contributed by atoms with Crippen LogP contribution in [0.25, 0.3) is 0 Å². The van der Waals surface area contributed by atoms with Crippen LogP contribution in [0.3, 0.4) is 0 Å². The van der Waals surface area contributed by atoms with Gasteiger partial charge in [-0.05, 0) is 62.3 Å². The summed E-state index contributed by atoms with van der Waals surface area (Å²) in [7, 11) is 0. The lowest BCUT2D eigenvalue weighted by Crippen LogP contribution is -2.61. The molecule has 43 heavy (non-hydrogen) atoms. The van der Waals surface area contributed by atoms with Crippen molar-refractivity contribution < 1.29 is 14.3 Å². The Bertz CT molecular complexity index is 1540. The van der Waals surface area contributed by atoms with Crippen molar-refractivity contribution in [3.63, 3.8) is 0 Å². The summed E-state index contributed by atoms with van der Waals surface area (Å²) in [6.45, 7) is 8.02. The second-order valence-electron chi connectivity index (χ2n) is 14.1. The molecule has 4 aliphatic heterocycles. The number of hydrogen-bond donors (Lipinski definition) is 0. The van der Waals surface area contributed by atoms with Gasteiger partial charge in [-0.25, -0.2) is 0 Å². The van der Waals surface area contributed by atoms with E-state index in [0.717, 1.165) is 36.2 Å². The van der Waals surface area contributed by atoms with E-state index in [1.807, 2.05) is 23.1 Å². The summed E-state index contributed by atoms with van der Waals surface area (Å²) in [5.74, 6) is 1.09. The maximum atomic E-state index is 14.2. The number of benzene rings is 3. The van der Waals surface area contributed by atoms with Crippen molar-refractivity contribution in [2.24, 2.45) is 17.8 Å². The molecule has 8 rings (SSSR count). The topological polar surface area (TPSA) is 42.0 Å². The summed E-state index contributed by atoms with van der Waals surface area (Å²) in [6, 6.07) is 29.4. The molecule has 4 fully saturated rings. The monoisotopic (exact) mass is 574 g/mol. The summed E-state index contributed by atoms with van der Waals surface area (Å²) in [6.07, 6.45) is 8.58. The Morgan fingerprint density at radius 1 is 0.860 bits per heavy atom. The highest BCUT2D eigenvalue weighted by molar-refractivity contribution is 6.01. The standard InChI is InChI=1S/C38H42N2O3/c1-25-18-19-31-33(22-25)42-36(39(37(31,2)3)24-26-12-6-4-7-13-26)30-17-11-10-16-29(30)34-38-21-20-28(43-38)23-32(38)35(41)40(34)27-14-8-5-9-15-27/h4-17,20-21,25,28,31-34,36H,18-19,22-24H2,1-3H3/t25-,28+,31-,32-,33-,34+,36+,38-/m1/s1. The number of hydrogen-bond acceptors (Lipinski definition) is 4. The summed E-state index contributed by atoms with van der Waals surface area (Å²) in [5.41, 5.74) is 3.71. The van der Waals surface area contributed by atoms with Crippen molar-refractivity contribution in [2.45, 2.75) is 88.6 Å². The molecule has 5 aliphatic rings. The molecule has 2 bridgehead atoms. The highest BCUT2D eigenvalue weighted by Gasteiger charge is 2.67. The number of rotatable bonds is 5. The van der Waals surface area contributed by atoms with Crippen LogP contribution in [0.4, 0.5) is 5.69 Å². The molecule has 1 amide bonds. The van der Waals surface area contributed by atoms with Crippen LogP contribution in [0.15, 0.2) is 97.1 Å². The second kappa shape index (κ2) is 10.2. The maximum Gasteiger partial charge on any atom is 0.234 e. The van der Waals surface area contributed by atoms with Crippen LogP contribution < -0.4 is 4.90 Å². The van der Waals surface area contributed by atoms with E-state index in [1.54, 1.807) is 0 Å². The predicted molar refractivity (Wildman–Crippen MR) is 168 cm³/mol. The van der Waals surface area contributed by atoms with Gasteiger partial charge in [0.25, 0.3) is 0 Å². The third-order valence-electron chi connectivity index (χ3n) is 11.2. The van der Waals surface area contributed by atoms with E-state index in [0.29, 0.717) is 11.8 Å². The average Bonchev–Trinajstić information content (AvgIpc) is 3.68. The number of fused-ring (bicyclic) bond motifs is 2. The zero-order valence-electron chi connectivity index (χ0n) is 25.4. The molecule has 5 nitrogen and oxygen atoms in total. The Balaban J connectivity index is 1.28. The Morgan fingerprint density at radius 2 is 1.56 bits per heavy atom. The fourth-order valence-electron chi connectivity index (χ4n) is 9.06. The molecule has 1 aliphatic carbocycles. The van der Waals surface area contributed by atoms with Crippen LogP contribution in [0.1, 0.15) is 75.4 Å². The van der Waals surface area contributed by atoms with Crippen LogP contribution in [0, 0.1) is 17.8 Å². The quantitative estimate of drug-likeness (QED) is 0.294. The lowest BCUT2D eigenvalue weighted by molar-refractivity contribution is -0.241. The summed E-state index contributed by atoms with van der Waals surface area (Å²) in [5, 5.41) is 0. The molecule has 4 heterocycles. The molecule has 5 heteroatoms. The Morgan fingerprint density at radius 3 is 2.30 bits per heavy atom. The normalized spacial score (nSPS) is 36.1. The first kappa shape index (κ1) is 27.3. The van der Waals surface area contributed by atoms with Crippen molar-refractivity contribution in [3.8, 4) is 0 Å². The zero-order valence-corrected chi connectivity index (χ0v) is 25.4. The molecular weight excluding hydrogens is 532 g/mol. The number of carbonyl (C=O) groups excluding carboxylic acids is 1. The molecule has 1 spiro atoms. The number of amides is 1. The third-order valence-corrected chi connectivity index (χ3v) is 11.2. The van der Waals surface area contributed by atoms with Crippen LogP contribution in [0.2, 0.25) is 0 Å². The van der Waals surface area contributed by atoms with Crippen LogP contribution in [-0.2, 0) is 20.8 Å². The number of nitrogens with zero attached hydrogens (tertiary/aromatic N) is 2. The Labute approximate surface area is 255 Å². The SMILES string of the molecule is C[C@@H]1CC[C@@H]2[C@@H](C1)O[C@@H](c1ccccc1[C@@H]1N(c3ccccc3)C(=O)[C@H]3C[C@@H]4C=C[C@@]31O4)N(Cc1ccccc1)C2(C)C. The molecular formula is C38H42N2O3. The van der Waals surface area contributed by atoms with E-state index in [2.05, 4.69) is 105 Å². The number of para-hydroxylation sites is 1. The molecule has 3 saturated heterocycles. The van der Waals surface area contributed by atoms with Gasteiger partial charge in [0.2, 0.25) is 5.91 Å². The van der Waals surface area contributed by atoms with Crippen LogP contribution in [-0.4, -0.2) is 34.2 Å². The molecule has 8 atom stereocenters. The second-order valence-corrected chi connectivity index (χ2v) is 14.1. The fourth-order valence-corrected chi connectivity index (χ4v) is 9.06. The minimum absolute atomic E-state index is 0.00506. The van der Waals surface area contributed by atoms with Crippen molar-refractivity contribution in [2.75, 3.05) is 4.90 Å². The summed E-state index contributed by atoms with van der Waals surface area (Å²) >= 11 is 0. The molecule has 3 aromatic rings. The Hall–Kier alpha value is -3.25. The summed E-state index contributed by atoms with van der Waals surface area (Å²) in [4.78, 5) is 18.9. The lowest BCUT2D eigenvalue weighted by atomic mass is 9.69. The van der Waals surface area contributed by atoms with Gasteiger partial charge in [0.1, 0.15) is 11.8 Å². The largest absolute Gasteiger partial charge is 0.360 e. The van der Waals surface area contributed by atoms with Gasteiger partial charge in [0.15, 0.2) is 0 Å². The molecule has 1 saturated carbocycles. The maximum absolute atomic E-state index is 14.2. The number of anilines is 1. The van der Waals surface area contributed by atoms with E-state index in [-0.39, 0.29) is 41.8 Å². The average molecular weight is 575 g/mol. The van der Waals surface area contributed by atoms with Crippen molar-refractivity contribution in [1.82, 2.24) is 4.90 Å². The molecule has 0 radical (unpaired) electrons. The highest BCUT2D eigenvalue weighted by Crippen LogP contribution is 2.60. The van der Waals surface area contributed by atoms with Crippen LogP contribution >= 0.6 is 0 Å². The van der Waals surface area contributed by atoms with E-state index >= 15 is 0 Å². The van der Waals surface area contributed by atoms with Gasteiger partial charge in [0, 0.05) is 29.3 Å². The Kier molecular flexibility index (Phi) is 6.45. The van der Waals surface area contributed by atoms with Gasteiger partial charge >= 0.3 is 0 Å². The minimum atomic E-state index is -0.677. The van der Waals surface area contributed by atoms with E-state index in [9.17, 15) is 4.79 Å². The van der Waals surface area contributed by atoms with E-state index in [4.69, 9.17) is 9.47 Å². The first-order valence-corrected chi connectivity index (χ1v) is 16.2. The van der Waals surface area contributed by atoms with Gasteiger partial charge in [-0.2, -0.15) is 0 Å². The van der Waals surface area contributed by atoms with Gasteiger partial charge in [0.05, 0.1) is 24.2 Å². The molecule has 3 aromatic carbocycles. The van der Waals surface area contributed by atoms with Crippen molar-refractivity contribution in [1.29, 1.82) is 0 Å². The smallest absolute Gasteiger partial charge is 0.234 e. The third kappa shape index (κ3) is 4.19.